The van der Waals surface area contributed by atoms with E-state index in [2.05, 4.69) is 5.32 Å². The van der Waals surface area contributed by atoms with E-state index in [1.165, 1.54) is 25.3 Å². The van der Waals surface area contributed by atoms with Gasteiger partial charge in [-0.05, 0) is 25.8 Å². The summed E-state index contributed by atoms with van der Waals surface area (Å²) in [5.74, 6) is -0.214. The Morgan fingerprint density at radius 2 is 2.04 bits per heavy atom. The largest absolute Gasteiger partial charge is 0.383 e. The van der Waals surface area contributed by atoms with Gasteiger partial charge in [0.2, 0.25) is 5.91 Å². The monoisotopic (exact) mass is 336 g/mol. The van der Waals surface area contributed by atoms with Crippen LogP contribution in [0.2, 0.25) is 0 Å². The van der Waals surface area contributed by atoms with Crippen LogP contribution in [0.15, 0.2) is 24.3 Å². The molecule has 0 spiro atoms. The maximum absolute atomic E-state index is 14.0. The molecular weight excluding hydrogens is 307 g/mol. The lowest BCUT2D eigenvalue weighted by atomic mass is 9.95. The summed E-state index contributed by atoms with van der Waals surface area (Å²) in [5.41, 5.74) is 0.603. The molecule has 1 aromatic carbocycles. The van der Waals surface area contributed by atoms with Gasteiger partial charge in [-0.3, -0.25) is 9.69 Å². The number of hydrogen-bond acceptors (Lipinski definition) is 3. The third kappa shape index (κ3) is 5.56. The number of benzene rings is 1. The molecule has 1 amide bonds. The summed E-state index contributed by atoms with van der Waals surface area (Å²) < 4.78 is 19.1. The second-order valence-corrected chi connectivity index (χ2v) is 6.57. The zero-order valence-electron chi connectivity index (χ0n) is 14.8. The minimum absolute atomic E-state index is 0.0225. The molecule has 0 bridgehead atoms. The molecule has 1 aromatic rings. The third-order valence-electron chi connectivity index (χ3n) is 4.79. The first kappa shape index (κ1) is 18.9. The van der Waals surface area contributed by atoms with Crippen LogP contribution < -0.4 is 5.32 Å². The van der Waals surface area contributed by atoms with Crippen LogP contribution in [0.5, 0.6) is 0 Å². The van der Waals surface area contributed by atoms with Gasteiger partial charge in [-0.2, -0.15) is 0 Å². The van der Waals surface area contributed by atoms with Crippen molar-refractivity contribution in [3.05, 3.63) is 35.6 Å². The van der Waals surface area contributed by atoms with Crippen molar-refractivity contribution in [2.24, 2.45) is 0 Å². The maximum Gasteiger partial charge on any atom is 0.237 e. The minimum atomic E-state index is -0.318. The summed E-state index contributed by atoms with van der Waals surface area (Å²) >= 11 is 0. The Hall–Kier alpha value is -1.46. The first-order valence-corrected chi connectivity index (χ1v) is 8.88. The number of carbonyl (C=O) groups is 1. The van der Waals surface area contributed by atoms with Gasteiger partial charge in [-0.1, -0.05) is 37.5 Å². The molecule has 2 rings (SSSR count). The molecule has 1 aliphatic rings. The third-order valence-corrected chi connectivity index (χ3v) is 4.79. The number of nitrogens with one attached hydrogen (secondary N) is 1. The Kier molecular flexibility index (Phi) is 7.66. The lowest BCUT2D eigenvalue weighted by molar-refractivity contribution is -0.127. The highest BCUT2D eigenvalue weighted by atomic mass is 19.1. The molecule has 1 fully saturated rings. The summed E-state index contributed by atoms with van der Waals surface area (Å²) in [7, 11) is 1.63. The average Bonchev–Trinajstić information content (AvgIpc) is 2.60. The predicted octanol–water partition coefficient (Wildman–Crippen LogP) is 3.11. The standard InChI is InChI=1S/C19H29FN2O2/c1-15(19(23)21-17-9-4-3-5-10-17)22(12-13-24-2)14-16-8-6-7-11-18(16)20/h6-8,11,15,17H,3-5,9-10,12-14H2,1-2H3,(H,21,23)/t15-/m1/s1. The number of rotatable bonds is 8. The Morgan fingerprint density at radius 1 is 1.33 bits per heavy atom. The lowest BCUT2D eigenvalue weighted by Gasteiger charge is -2.31. The number of carbonyl (C=O) groups excluding carboxylic acids is 1. The van der Waals surface area contributed by atoms with Crippen LogP contribution in [0, 0.1) is 5.82 Å². The Labute approximate surface area is 144 Å². The van der Waals surface area contributed by atoms with E-state index in [1.54, 1.807) is 19.2 Å². The number of amides is 1. The van der Waals surface area contributed by atoms with E-state index in [4.69, 9.17) is 4.74 Å². The van der Waals surface area contributed by atoms with E-state index < -0.39 is 0 Å². The van der Waals surface area contributed by atoms with Crippen molar-refractivity contribution in [1.82, 2.24) is 10.2 Å². The van der Waals surface area contributed by atoms with Gasteiger partial charge in [0.1, 0.15) is 5.82 Å². The number of halogens is 1. The fourth-order valence-corrected chi connectivity index (χ4v) is 3.20. The molecular formula is C19H29FN2O2. The molecule has 134 valence electrons. The number of nitrogens with zero attached hydrogens (tertiary/aromatic N) is 1. The predicted molar refractivity (Wildman–Crippen MR) is 93.2 cm³/mol. The van der Waals surface area contributed by atoms with Gasteiger partial charge in [0.05, 0.1) is 12.6 Å². The molecule has 1 N–H and O–H groups in total. The Morgan fingerprint density at radius 3 is 2.71 bits per heavy atom. The zero-order valence-corrected chi connectivity index (χ0v) is 14.8. The highest BCUT2D eigenvalue weighted by molar-refractivity contribution is 5.81. The van der Waals surface area contributed by atoms with E-state index in [0.29, 0.717) is 25.3 Å². The minimum Gasteiger partial charge on any atom is -0.383 e. The van der Waals surface area contributed by atoms with E-state index >= 15 is 0 Å². The van der Waals surface area contributed by atoms with Gasteiger partial charge >= 0.3 is 0 Å². The highest BCUT2D eigenvalue weighted by Gasteiger charge is 2.25. The molecule has 24 heavy (non-hydrogen) atoms. The second kappa shape index (κ2) is 9.74. The highest BCUT2D eigenvalue weighted by Crippen LogP contribution is 2.18. The molecule has 1 atom stereocenters. The maximum atomic E-state index is 14.0. The van der Waals surface area contributed by atoms with Crippen LogP contribution in [0.3, 0.4) is 0 Å². The van der Waals surface area contributed by atoms with E-state index in [9.17, 15) is 9.18 Å². The Balaban J connectivity index is 1.99. The van der Waals surface area contributed by atoms with Gasteiger partial charge in [-0.25, -0.2) is 4.39 Å². The van der Waals surface area contributed by atoms with Crippen molar-refractivity contribution >= 4 is 5.91 Å². The van der Waals surface area contributed by atoms with Gasteiger partial charge in [-0.15, -0.1) is 0 Å². The number of methoxy groups -OCH3 is 1. The van der Waals surface area contributed by atoms with Crippen molar-refractivity contribution in [3.63, 3.8) is 0 Å². The summed E-state index contributed by atoms with van der Waals surface area (Å²) in [6.45, 7) is 3.38. The Bertz CT molecular complexity index is 518. The zero-order chi connectivity index (χ0) is 17.4. The van der Waals surface area contributed by atoms with Crippen molar-refractivity contribution in [3.8, 4) is 0 Å². The molecule has 5 heteroatoms. The first-order valence-electron chi connectivity index (χ1n) is 8.88. The van der Waals surface area contributed by atoms with Crippen molar-refractivity contribution in [2.45, 2.75) is 57.7 Å². The average molecular weight is 336 g/mol. The molecule has 0 saturated heterocycles. The molecule has 0 radical (unpaired) electrons. The molecule has 0 unspecified atom stereocenters. The molecule has 1 aliphatic carbocycles. The van der Waals surface area contributed by atoms with Gasteiger partial charge in [0, 0.05) is 31.8 Å². The number of ether oxygens (including phenoxy) is 1. The molecule has 4 nitrogen and oxygen atoms in total. The lowest BCUT2D eigenvalue weighted by Crippen LogP contribution is -2.49. The van der Waals surface area contributed by atoms with Crippen molar-refractivity contribution in [1.29, 1.82) is 0 Å². The number of hydrogen-bond donors (Lipinski definition) is 1. The van der Waals surface area contributed by atoms with E-state index in [1.807, 2.05) is 17.9 Å². The quantitative estimate of drug-likeness (QED) is 0.793. The summed E-state index contributed by atoms with van der Waals surface area (Å²) in [4.78, 5) is 14.6. The summed E-state index contributed by atoms with van der Waals surface area (Å²) in [6.07, 6.45) is 5.74. The van der Waals surface area contributed by atoms with Crippen LogP contribution in [0.4, 0.5) is 4.39 Å². The summed E-state index contributed by atoms with van der Waals surface area (Å²) in [5, 5.41) is 3.16. The van der Waals surface area contributed by atoms with Crippen LogP contribution in [0.1, 0.15) is 44.6 Å². The molecule has 1 saturated carbocycles. The van der Waals surface area contributed by atoms with E-state index in [-0.39, 0.29) is 23.8 Å². The van der Waals surface area contributed by atoms with Crippen molar-refractivity contribution < 1.29 is 13.9 Å². The first-order chi connectivity index (χ1) is 11.6. The van der Waals surface area contributed by atoms with Crippen LogP contribution >= 0.6 is 0 Å². The van der Waals surface area contributed by atoms with Crippen LogP contribution in [-0.4, -0.2) is 43.2 Å². The van der Waals surface area contributed by atoms with Crippen LogP contribution in [-0.2, 0) is 16.1 Å². The van der Waals surface area contributed by atoms with E-state index in [0.717, 1.165) is 12.8 Å². The SMILES string of the molecule is COCCN(Cc1ccccc1F)[C@H](C)C(=O)NC1CCCCC1. The molecule has 0 heterocycles. The topological polar surface area (TPSA) is 41.6 Å². The molecule has 0 aromatic heterocycles. The second-order valence-electron chi connectivity index (χ2n) is 6.57. The van der Waals surface area contributed by atoms with Crippen molar-refractivity contribution in [2.75, 3.05) is 20.3 Å². The van der Waals surface area contributed by atoms with Gasteiger partial charge in [0.15, 0.2) is 0 Å². The fourth-order valence-electron chi connectivity index (χ4n) is 3.20. The fraction of sp³-hybridized carbons (Fsp3) is 0.632. The smallest absolute Gasteiger partial charge is 0.237 e. The molecule has 0 aliphatic heterocycles. The van der Waals surface area contributed by atoms with Gasteiger partial charge < -0.3 is 10.1 Å². The summed E-state index contributed by atoms with van der Waals surface area (Å²) in [6, 6.07) is 6.68. The van der Waals surface area contributed by atoms with Crippen LogP contribution in [0.25, 0.3) is 0 Å². The van der Waals surface area contributed by atoms with Gasteiger partial charge in [0.25, 0.3) is 0 Å². The normalized spacial score (nSPS) is 17.0.